The number of nitrogens with zero attached hydrogens (tertiary/aromatic N) is 2. The molecule has 27 heavy (non-hydrogen) atoms. The van der Waals surface area contributed by atoms with Gasteiger partial charge in [-0.1, -0.05) is 48.5 Å². The van der Waals surface area contributed by atoms with Crippen molar-refractivity contribution in [1.82, 2.24) is 9.38 Å². The highest BCUT2D eigenvalue weighted by Crippen LogP contribution is 2.29. The second-order valence-electron chi connectivity index (χ2n) is 5.87. The van der Waals surface area contributed by atoms with Crippen LogP contribution in [0.3, 0.4) is 0 Å². The Bertz CT molecular complexity index is 1090. The van der Waals surface area contributed by atoms with Gasteiger partial charge in [-0.3, -0.25) is 9.20 Å². The summed E-state index contributed by atoms with van der Waals surface area (Å²) in [6, 6.07) is 21.8. The molecule has 0 saturated carbocycles. The highest BCUT2D eigenvalue weighted by Gasteiger charge is 2.16. The van der Waals surface area contributed by atoms with Gasteiger partial charge >= 0.3 is 0 Å². The number of hydrogen-bond acceptors (Lipinski definition) is 3. The normalized spacial score (nSPS) is 10.9. The van der Waals surface area contributed by atoms with Crippen LogP contribution in [-0.4, -0.2) is 21.0 Å². The van der Waals surface area contributed by atoms with E-state index < -0.39 is 0 Å². The van der Waals surface area contributed by atoms with E-state index in [4.69, 9.17) is 0 Å². The van der Waals surface area contributed by atoms with Crippen molar-refractivity contribution in [3.8, 4) is 11.3 Å². The van der Waals surface area contributed by atoms with E-state index in [0.29, 0.717) is 16.4 Å². The SMILES string of the molecule is O=C(CSc1ccccc1F)Nc1c(-c2ccccc2)nc2ccccn12. The molecule has 0 fully saturated rings. The Kier molecular flexibility index (Phi) is 4.89. The number of aromatic nitrogens is 2. The second-order valence-corrected chi connectivity index (χ2v) is 6.89. The fraction of sp³-hybridized carbons (Fsp3) is 0.0476. The Balaban J connectivity index is 1.61. The van der Waals surface area contributed by atoms with Crippen molar-refractivity contribution >= 4 is 29.1 Å². The molecule has 4 nitrogen and oxygen atoms in total. The molecule has 0 aliphatic carbocycles. The van der Waals surface area contributed by atoms with Crippen molar-refractivity contribution < 1.29 is 9.18 Å². The molecular formula is C21H16FN3OS. The molecule has 0 bridgehead atoms. The predicted molar refractivity (Wildman–Crippen MR) is 106 cm³/mol. The Morgan fingerprint density at radius 2 is 1.74 bits per heavy atom. The predicted octanol–water partition coefficient (Wildman–Crippen LogP) is 4.87. The molecule has 0 aliphatic rings. The van der Waals surface area contributed by atoms with Gasteiger partial charge in [0, 0.05) is 16.7 Å². The molecule has 0 spiro atoms. The van der Waals surface area contributed by atoms with E-state index in [-0.39, 0.29) is 17.5 Å². The lowest BCUT2D eigenvalue weighted by Crippen LogP contribution is -2.16. The lowest BCUT2D eigenvalue weighted by atomic mass is 10.1. The van der Waals surface area contributed by atoms with Crippen LogP contribution >= 0.6 is 11.8 Å². The molecular weight excluding hydrogens is 361 g/mol. The van der Waals surface area contributed by atoms with Crippen LogP contribution in [0, 0.1) is 5.82 Å². The fourth-order valence-corrected chi connectivity index (χ4v) is 3.53. The third-order valence-corrected chi connectivity index (χ3v) is 5.08. The first-order valence-corrected chi connectivity index (χ1v) is 9.40. The van der Waals surface area contributed by atoms with E-state index >= 15 is 0 Å². The van der Waals surface area contributed by atoms with Gasteiger partial charge in [0.25, 0.3) is 0 Å². The van der Waals surface area contributed by atoms with E-state index in [0.717, 1.165) is 11.2 Å². The van der Waals surface area contributed by atoms with Crippen LogP contribution in [0.15, 0.2) is 83.9 Å². The zero-order chi connectivity index (χ0) is 18.6. The number of carbonyl (C=O) groups excluding carboxylic acids is 1. The summed E-state index contributed by atoms with van der Waals surface area (Å²) in [6.45, 7) is 0. The highest BCUT2D eigenvalue weighted by atomic mass is 32.2. The van der Waals surface area contributed by atoms with Gasteiger partial charge in [0.2, 0.25) is 5.91 Å². The molecule has 1 amide bonds. The topological polar surface area (TPSA) is 46.4 Å². The maximum absolute atomic E-state index is 13.7. The number of thioether (sulfide) groups is 1. The molecule has 134 valence electrons. The molecule has 2 heterocycles. The molecule has 0 unspecified atom stereocenters. The van der Waals surface area contributed by atoms with E-state index in [9.17, 15) is 9.18 Å². The number of fused-ring (bicyclic) bond motifs is 1. The van der Waals surface area contributed by atoms with Gasteiger partial charge < -0.3 is 5.32 Å². The molecule has 1 N–H and O–H groups in total. The highest BCUT2D eigenvalue weighted by molar-refractivity contribution is 8.00. The zero-order valence-electron chi connectivity index (χ0n) is 14.3. The number of hydrogen-bond donors (Lipinski definition) is 1. The lowest BCUT2D eigenvalue weighted by molar-refractivity contribution is -0.113. The number of rotatable bonds is 5. The molecule has 0 atom stereocenters. The van der Waals surface area contributed by atoms with Crippen LogP contribution < -0.4 is 5.32 Å². The molecule has 2 aromatic carbocycles. The molecule has 4 rings (SSSR count). The Morgan fingerprint density at radius 1 is 1.00 bits per heavy atom. The summed E-state index contributed by atoms with van der Waals surface area (Å²) in [4.78, 5) is 17.6. The van der Waals surface area contributed by atoms with E-state index in [2.05, 4.69) is 10.3 Å². The van der Waals surface area contributed by atoms with Crippen molar-refractivity contribution in [1.29, 1.82) is 0 Å². The van der Waals surface area contributed by atoms with Gasteiger partial charge in [0.05, 0.1) is 5.75 Å². The maximum Gasteiger partial charge on any atom is 0.235 e. The third-order valence-electron chi connectivity index (χ3n) is 4.03. The van der Waals surface area contributed by atoms with Crippen LogP contribution in [-0.2, 0) is 4.79 Å². The average Bonchev–Trinajstić information content (AvgIpc) is 3.06. The first-order valence-electron chi connectivity index (χ1n) is 8.42. The number of amides is 1. The van der Waals surface area contributed by atoms with Crippen LogP contribution in [0.25, 0.3) is 16.9 Å². The van der Waals surface area contributed by atoms with Gasteiger partial charge in [0.15, 0.2) is 0 Å². The monoisotopic (exact) mass is 377 g/mol. The third kappa shape index (κ3) is 3.71. The molecule has 4 aromatic rings. The lowest BCUT2D eigenvalue weighted by Gasteiger charge is -2.08. The van der Waals surface area contributed by atoms with Crippen LogP contribution in [0.1, 0.15) is 0 Å². The van der Waals surface area contributed by atoms with Crippen molar-refractivity contribution in [3.63, 3.8) is 0 Å². The first kappa shape index (κ1) is 17.3. The molecule has 0 radical (unpaired) electrons. The minimum absolute atomic E-state index is 0.106. The van der Waals surface area contributed by atoms with Crippen LogP contribution in [0.5, 0.6) is 0 Å². The number of imidazole rings is 1. The number of halogens is 1. The summed E-state index contributed by atoms with van der Waals surface area (Å²) >= 11 is 1.17. The van der Waals surface area contributed by atoms with Gasteiger partial charge in [-0.2, -0.15) is 0 Å². The average molecular weight is 377 g/mol. The van der Waals surface area contributed by atoms with E-state index in [1.165, 1.54) is 17.8 Å². The van der Waals surface area contributed by atoms with Gasteiger partial charge in [-0.25, -0.2) is 9.37 Å². The van der Waals surface area contributed by atoms with Crippen molar-refractivity contribution in [3.05, 3.63) is 84.8 Å². The largest absolute Gasteiger partial charge is 0.309 e. The Hall–Kier alpha value is -3.12. The minimum atomic E-state index is -0.324. The number of carbonyl (C=O) groups is 1. The first-order chi connectivity index (χ1) is 13.2. The summed E-state index contributed by atoms with van der Waals surface area (Å²) in [5.41, 5.74) is 2.36. The van der Waals surface area contributed by atoms with Crippen molar-refractivity contribution in [2.24, 2.45) is 0 Å². The summed E-state index contributed by atoms with van der Waals surface area (Å²) in [6.07, 6.45) is 1.86. The summed E-state index contributed by atoms with van der Waals surface area (Å²) in [5.74, 6) is 0.173. The Labute approximate surface area is 160 Å². The van der Waals surface area contributed by atoms with Gasteiger partial charge in [-0.15, -0.1) is 11.8 Å². The van der Waals surface area contributed by atoms with E-state index in [1.54, 1.807) is 18.2 Å². The zero-order valence-corrected chi connectivity index (χ0v) is 15.1. The minimum Gasteiger partial charge on any atom is -0.309 e. The van der Waals surface area contributed by atoms with Crippen LogP contribution in [0.4, 0.5) is 10.2 Å². The van der Waals surface area contributed by atoms with E-state index in [1.807, 2.05) is 59.1 Å². The van der Waals surface area contributed by atoms with Gasteiger partial charge in [0.1, 0.15) is 23.0 Å². The van der Waals surface area contributed by atoms with Gasteiger partial charge in [-0.05, 0) is 24.3 Å². The second kappa shape index (κ2) is 7.63. The maximum atomic E-state index is 13.7. The summed E-state index contributed by atoms with van der Waals surface area (Å²) < 4.78 is 15.6. The smallest absolute Gasteiger partial charge is 0.235 e. The summed E-state index contributed by atoms with van der Waals surface area (Å²) in [7, 11) is 0. The molecule has 0 saturated heterocycles. The standard InChI is InChI=1S/C21H16FN3OS/c22-16-10-4-5-11-17(16)27-14-19(26)24-21-20(15-8-2-1-3-9-15)23-18-12-6-7-13-25(18)21/h1-13H,14H2,(H,24,26). The fourth-order valence-electron chi connectivity index (χ4n) is 2.79. The summed E-state index contributed by atoms with van der Waals surface area (Å²) in [5, 5.41) is 2.94. The number of pyridine rings is 1. The number of benzene rings is 2. The van der Waals surface area contributed by atoms with Crippen LogP contribution in [0.2, 0.25) is 0 Å². The quantitative estimate of drug-likeness (QED) is 0.505. The molecule has 0 aliphatic heterocycles. The van der Waals surface area contributed by atoms with Crippen molar-refractivity contribution in [2.75, 3.05) is 11.1 Å². The molecule has 2 aromatic heterocycles. The number of nitrogens with one attached hydrogen (secondary N) is 1. The van der Waals surface area contributed by atoms with Crippen molar-refractivity contribution in [2.45, 2.75) is 4.90 Å². The molecule has 6 heteroatoms. The Morgan fingerprint density at radius 3 is 2.56 bits per heavy atom. The number of anilines is 1.